The molecule has 3 heteroatoms. The van der Waals surface area contributed by atoms with Crippen LogP contribution in [0.3, 0.4) is 0 Å². The Bertz CT molecular complexity index is 254. The molecular weight excluding hydrogens is 202 g/mol. The number of rotatable bonds is 3. The zero-order chi connectivity index (χ0) is 11.5. The molecule has 16 heavy (non-hydrogen) atoms. The molecular formula is C13H23NO2. The Morgan fingerprint density at radius 2 is 1.94 bits per heavy atom. The first-order valence-corrected chi connectivity index (χ1v) is 6.65. The summed E-state index contributed by atoms with van der Waals surface area (Å²) in [4.78, 5) is 10.9. The molecule has 0 aromatic carbocycles. The molecule has 4 unspecified atom stereocenters. The molecule has 0 aliphatic heterocycles. The van der Waals surface area contributed by atoms with E-state index in [-0.39, 0.29) is 12.0 Å². The van der Waals surface area contributed by atoms with Crippen LogP contribution in [0.4, 0.5) is 0 Å². The molecule has 2 saturated carbocycles. The smallest absolute Gasteiger partial charge is 0.308 e. The van der Waals surface area contributed by atoms with E-state index in [1.807, 2.05) is 0 Å². The predicted octanol–water partition coefficient (Wildman–Crippen LogP) is 2.41. The molecule has 3 nitrogen and oxygen atoms in total. The van der Waals surface area contributed by atoms with Crippen molar-refractivity contribution in [2.24, 2.45) is 11.8 Å². The van der Waals surface area contributed by atoms with Crippen LogP contribution in [-0.2, 0) is 4.79 Å². The number of hydrogen-bond donors (Lipinski definition) is 2. The zero-order valence-electron chi connectivity index (χ0n) is 10.1. The highest BCUT2D eigenvalue weighted by molar-refractivity contribution is 5.72. The average Bonchev–Trinajstić information content (AvgIpc) is 2.37. The molecule has 0 amide bonds. The second-order valence-electron chi connectivity index (χ2n) is 5.61. The van der Waals surface area contributed by atoms with Gasteiger partial charge in [-0.1, -0.05) is 19.8 Å². The first-order valence-electron chi connectivity index (χ1n) is 6.65. The standard InChI is InChI=1S/C13H23NO2/c1-9-3-2-4-10(6-5-9)14-12-8-7-11(12)13(15)16/h9-12,14H,2-8H2,1H3,(H,15,16). The molecule has 2 aliphatic rings. The summed E-state index contributed by atoms with van der Waals surface area (Å²) in [5, 5.41) is 12.6. The topological polar surface area (TPSA) is 49.3 Å². The highest BCUT2D eigenvalue weighted by Crippen LogP contribution is 2.30. The van der Waals surface area contributed by atoms with Gasteiger partial charge in [0.1, 0.15) is 0 Å². The fourth-order valence-corrected chi connectivity index (χ4v) is 2.95. The molecule has 0 saturated heterocycles. The summed E-state index contributed by atoms with van der Waals surface area (Å²) in [7, 11) is 0. The highest BCUT2D eigenvalue weighted by atomic mass is 16.4. The summed E-state index contributed by atoms with van der Waals surface area (Å²) >= 11 is 0. The van der Waals surface area contributed by atoms with Gasteiger partial charge >= 0.3 is 5.97 Å². The van der Waals surface area contributed by atoms with Crippen LogP contribution in [0.15, 0.2) is 0 Å². The van der Waals surface area contributed by atoms with Crippen molar-refractivity contribution in [1.82, 2.24) is 5.32 Å². The van der Waals surface area contributed by atoms with Gasteiger partial charge in [0.25, 0.3) is 0 Å². The maximum absolute atomic E-state index is 10.9. The lowest BCUT2D eigenvalue weighted by Gasteiger charge is -2.37. The Hall–Kier alpha value is -0.570. The van der Waals surface area contributed by atoms with Gasteiger partial charge in [-0.3, -0.25) is 4.79 Å². The summed E-state index contributed by atoms with van der Waals surface area (Å²) in [6, 6.07) is 0.813. The van der Waals surface area contributed by atoms with Gasteiger partial charge in [-0.05, 0) is 38.0 Å². The number of aliphatic carboxylic acids is 1. The van der Waals surface area contributed by atoms with Gasteiger partial charge in [0.2, 0.25) is 0 Å². The second kappa shape index (κ2) is 5.17. The van der Waals surface area contributed by atoms with E-state index in [1.54, 1.807) is 0 Å². The molecule has 0 aromatic heterocycles. The molecule has 2 rings (SSSR count). The summed E-state index contributed by atoms with van der Waals surface area (Å²) in [6.07, 6.45) is 8.28. The zero-order valence-corrected chi connectivity index (χ0v) is 10.1. The van der Waals surface area contributed by atoms with Crippen molar-refractivity contribution in [1.29, 1.82) is 0 Å². The summed E-state index contributed by atoms with van der Waals surface area (Å²) in [5.74, 6) is 0.106. The molecule has 0 spiro atoms. The quantitative estimate of drug-likeness (QED) is 0.725. The van der Waals surface area contributed by atoms with E-state index in [2.05, 4.69) is 12.2 Å². The van der Waals surface area contributed by atoms with Crippen LogP contribution >= 0.6 is 0 Å². The van der Waals surface area contributed by atoms with E-state index in [0.29, 0.717) is 6.04 Å². The van der Waals surface area contributed by atoms with Crippen molar-refractivity contribution >= 4 is 5.97 Å². The van der Waals surface area contributed by atoms with Crippen LogP contribution < -0.4 is 5.32 Å². The Labute approximate surface area is 97.6 Å². The van der Waals surface area contributed by atoms with Gasteiger partial charge in [0.05, 0.1) is 5.92 Å². The number of carboxylic acid groups (broad SMARTS) is 1. The van der Waals surface area contributed by atoms with E-state index in [4.69, 9.17) is 5.11 Å². The number of nitrogens with one attached hydrogen (secondary N) is 1. The van der Waals surface area contributed by atoms with Gasteiger partial charge in [-0.2, -0.15) is 0 Å². The predicted molar refractivity (Wildman–Crippen MR) is 63.3 cm³/mol. The van der Waals surface area contributed by atoms with Crippen molar-refractivity contribution in [2.45, 2.75) is 64.0 Å². The van der Waals surface area contributed by atoms with Gasteiger partial charge in [0, 0.05) is 12.1 Å². The van der Waals surface area contributed by atoms with Gasteiger partial charge in [-0.15, -0.1) is 0 Å². The molecule has 92 valence electrons. The highest BCUT2D eigenvalue weighted by Gasteiger charge is 2.37. The van der Waals surface area contributed by atoms with Crippen LogP contribution in [-0.4, -0.2) is 23.2 Å². The van der Waals surface area contributed by atoms with Crippen LogP contribution in [0.5, 0.6) is 0 Å². The Morgan fingerprint density at radius 1 is 1.12 bits per heavy atom. The maximum atomic E-state index is 10.9. The summed E-state index contributed by atoms with van der Waals surface area (Å²) in [6.45, 7) is 2.33. The minimum Gasteiger partial charge on any atom is -0.481 e. The molecule has 2 fully saturated rings. The number of carboxylic acids is 1. The SMILES string of the molecule is CC1CCCC(NC2CCC2C(=O)O)CC1. The first-order chi connectivity index (χ1) is 7.66. The summed E-state index contributed by atoms with van der Waals surface area (Å²) < 4.78 is 0. The average molecular weight is 225 g/mol. The third-order valence-electron chi connectivity index (χ3n) is 4.30. The lowest BCUT2D eigenvalue weighted by Crippen LogP contribution is -2.51. The van der Waals surface area contributed by atoms with Crippen molar-refractivity contribution in [3.8, 4) is 0 Å². The van der Waals surface area contributed by atoms with Gasteiger partial charge in [-0.25, -0.2) is 0 Å². The molecule has 0 heterocycles. The maximum Gasteiger partial charge on any atom is 0.308 e. The van der Waals surface area contributed by atoms with E-state index in [0.717, 1.165) is 18.8 Å². The Morgan fingerprint density at radius 3 is 2.56 bits per heavy atom. The molecule has 0 aromatic rings. The fraction of sp³-hybridized carbons (Fsp3) is 0.923. The lowest BCUT2D eigenvalue weighted by atomic mass is 9.79. The number of hydrogen-bond acceptors (Lipinski definition) is 2. The largest absolute Gasteiger partial charge is 0.481 e. The normalized spacial score (nSPS) is 39.8. The minimum atomic E-state index is -0.620. The molecule has 0 radical (unpaired) electrons. The van der Waals surface area contributed by atoms with Gasteiger partial charge < -0.3 is 10.4 Å². The third kappa shape index (κ3) is 2.76. The molecule has 2 aliphatic carbocycles. The van der Waals surface area contributed by atoms with E-state index in [1.165, 1.54) is 32.1 Å². The first kappa shape index (κ1) is 11.9. The van der Waals surface area contributed by atoms with E-state index in [9.17, 15) is 4.79 Å². The van der Waals surface area contributed by atoms with E-state index < -0.39 is 5.97 Å². The van der Waals surface area contributed by atoms with Crippen molar-refractivity contribution in [3.05, 3.63) is 0 Å². The third-order valence-corrected chi connectivity index (χ3v) is 4.30. The Kier molecular flexibility index (Phi) is 3.85. The summed E-state index contributed by atoms with van der Waals surface area (Å²) in [5.41, 5.74) is 0. The molecule has 0 bridgehead atoms. The van der Waals surface area contributed by atoms with Crippen molar-refractivity contribution < 1.29 is 9.90 Å². The van der Waals surface area contributed by atoms with Crippen molar-refractivity contribution in [2.75, 3.05) is 0 Å². The fourth-order valence-electron chi connectivity index (χ4n) is 2.95. The second-order valence-corrected chi connectivity index (χ2v) is 5.61. The Balaban J connectivity index is 1.78. The van der Waals surface area contributed by atoms with Crippen LogP contribution in [0.2, 0.25) is 0 Å². The molecule has 2 N–H and O–H groups in total. The minimum absolute atomic E-state index is 0.124. The lowest BCUT2D eigenvalue weighted by molar-refractivity contribution is -0.146. The van der Waals surface area contributed by atoms with Crippen molar-refractivity contribution in [3.63, 3.8) is 0 Å². The van der Waals surface area contributed by atoms with E-state index >= 15 is 0 Å². The van der Waals surface area contributed by atoms with Crippen LogP contribution in [0, 0.1) is 11.8 Å². The van der Waals surface area contributed by atoms with Crippen LogP contribution in [0.25, 0.3) is 0 Å². The monoisotopic (exact) mass is 225 g/mol. The van der Waals surface area contributed by atoms with Gasteiger partial charge in [0.15, 0.2) is 0 Å². The number of carbonyl (C=O) groups is 1. The van der Waals surface area contributed by atoms with Crippen LogP contribution in [0.1, 0.15) is 51.9 Å². The molecule has 4 atom stereocenters.